The normalized spacial score (nSPS) is 17.9. The van der Waals surface area contributed by atoms with Crippen LogP contribution < -0.4 is 10.1 Å². The Kier molecular flexibility index (Phi) is 5.06. The maximum absolute atomic E-state index is 12.4. The average Bonchev–Trinajstić information content (AvgIpc) is 3.17. The van der Waals surface area contributed by atoms with Crippen molar-refractivity contribution in [3.63, 3.8) is 0 Å². The first-order chi connectivity index (χ1) is 11.6. The van der Waals surface area contributed by atoms with Gasteiger partial charge in [-0.25, -0.2) is 0 Å². The Bertz CT molecular complexity index is 732. The number of benzene rings is 1. The van der Waals surface area contributed by atoms with Crippen molar-refractivity contribution in [1.82, 2.24) is 10.1 Å². The monoisotopic (exact) mass is 349 g/mol. The molecule has 0 bridgehead atoms. The molecule has 0 saturated carbocycles. The van der Waals surface area contributed by atoms with Gasteiger partial charge in [0.1, 0.15) is 5.75 Å². The number of halogens is 1. The van der Waals surface area contributed by atoms with Gasteiger partial charge in [-0.3, -0.25) is 9.69 Å². The molecule has 1 aliphatic heterocycles. The summed E-state index contributed by atoms with van der Waals surface area (Å²) in [5.74, 6) is 1.28. The van der Waals surface area contributed by atoms with Gasteiger partial charge < -0.3 is 14.6 Å². The highest BCUT2D eigenvalue weighted by molar-refractivity contribution is 6.32. The number of methoxy groups -OCH3 is 1. The van der Waals surface area contributed by atoms with Crippen LogP contribution in [-0.4, -0.2) is 36.2 Å². The molecule has 1 N–H and O–H groups in total. The summed E-state index contributed by atoms with van der Waals surface area (Å²) in [6.45, 7) is 3.06. The van der Waals surface area contributed by atoms with E-state index in [2.05, 4.69) is 15.4 Å². The van der Waals surface area contributed by atoms with E-state index < -0.39 is 0 Å². The van der Waals surface area contributed by atoms with Crippen LogP contribution in [0.3, 0.4) is 0 Å². The molecule has 0 spiro atoms. The van der Waals surface area contributed by atoms with E-state index in [1.807, 2.05) is 13.0 Å². The molecule has 128 valence electrons. The quantitative estimate of drug-likeness (QED) is 0.895. The van der Waals surface area contributed by atoms with Crippen LogP contribution in [0.2, 0.25) is 5.02 Å². The fourth-order valence-corrected chi connectivity index (χ4v) is 3.20. The summed E-state index contributed by atoms with van der Waals surface area (Å²) in [5, 5.41) is 7.33. The first-order valence-electron chi connectivity index (χ1n) is 7.87. The molecule has 1 atom stereocenters. The number of nitrogens with one attached hydrogen (secondary N) is 1. The Morgan fingerprint density at radius 1 is 1.50 bits per heavy atom. The van der Waals surface area contributed by atoms with Crippen molar-refractivity contribution in [3.05, 3.63) is 40.7 Å². The van der Waals surface area contributed by atoms with E-state index in [1.165, 1.54) is 0 Å². The fourth-order valence-electron chi connectivity index (χ4n) is 3.00. The van der Waals surface area contributed by atoms with E-state index in [-0.39, 0.29) is 11.9 Å². The van der Waals surface area contributed by atoms with Crippen molar-refractivity contribution in [2.75, 3.05) is 25.5 Å². The molecule has 6 nitrogen and oxygen atoms in total. The summed E-state index contributed by atoms with van der Waals surface area (Å²) in [5.41, 5.74) is 1.52. The molecule has 2 heterocycles. The molecule has 1 amide bonds. The van der Waals surface area contributed by atoms with Gasteiger partial charge in [-0.15, -0.1) is 0 Å². The highest BCUT2D eigenvalue weighted by atomic mass is 35.5. The fraction of sp³-hybridized carbons (Fsp3) is 0.412. The summed E-state index contributed by atoms with van der Waals surface area (Å²) < 4.78 is 10.5. The lowest BCUT2D eigenvalue weighted by Crippen LogP contribution is -2.32. The first-order valence-corrected chi connectivity index (χ1v) is 8.25. The van der Waals surface area contributed by atoms with E-state index in [0.717, 1.165) is 30.8 Å². The smallest absolute Gasteiger partial charge is 0.238 e. The standard InChI is InChI=1S/C17H20ClN3O3/c1-11-8-16(24-20-11)14-4-3-7-21(14)10-17(22)19-12-5-6-13(18)15(9-12)23-2/h5-6,8-9,14H,3-4,7,10H2,1-2H3,(H,19,22)/t14-/m1/s1. The van der Waals surface area contributed by atoms with Crippen molar-refractivity contribution in [1.29, 1.82) is 0 Å². The Labute approximate surface area is 145 Å². The molecule has 0 aliphatic carbocycles. The van der Waals surface area contributed by atoms with E-state index in [0.29, 0.717) is 23.0 Å². The summed E-state index contributed by atoms with van der Waals surface area (Å²) in [6.07, 6.45) is 2.00. The van der Waals surface area contributed by atoms with Crippen molar-refractivity contribution in [3.8, 4) is 5.75 Å². The van der Waals surface area contributed by atoms with Crippen LogP contribution in [0.5, 0.6) is 5.75 Å². The molecule has 1 saturated heterocycles. The van der Waals surface area contributed by atoms with Crippen LogP contribution >= 0.6 is 11.6 Å². The van der Waals surface area contributed by atoms with Gasteiger partial charge in [-0.1, -0.05) is 16.8 Å². The van der Waals surface area contributed by atoms with Crippen molar-refractivity contribution < 1.29 is 14.1 Å². The summed E-state index contributed by atoms with van der Waals surface area (Å²) in [6, 6.07) is 7.21. The minimum atomic E-state index is -0.0810. The van der Waals surface area contributed by atoms with Crippen LogP contribution in [0.15, 0.2) is 28.8 Å². The maximum Gasteiger partial charge on any atom is 0.238 e. The minimum Gasteiger partial charge on any atom is -0.495 e. The molecule has 1 aromatic heterocycles. The van der Waals surface area contributed by atoms with E-state index in [4.69, 9.17) is 20.9 Å². The van der Waals surface area contributed by atoms with E-state index in [9.17, 15) is 4.79 Å². The molecule has 0 unspecified atom stereocenters. The molecule has 1 aromatic carbocycles. The number of hydrogen-bond donors (Lipinski definition) is 1. The number of carbonyl (C=O) groups is 1. The number of carbonyl (C=O) groups excluding carboxylic acids is 1. The molecule has 7 heteroatoms. The molecule has 1 aliphatic rings. The third-order valence-corrected chi connectivity index (χ3v) is 4.43. The number of anilines is 1. The number of aryl methyl sites for hydroxylation is 1. The lowest BCUT2D eigenvalue weighted by molar-refractivity contribution is -0.117. The largest absolute Gasteiger partial charge is 0.495 e. The van der Waals surface area contributed by atoms with Gasteiger partial charge in [0.15, 0.2) is 5.76 Å². The number of aromatic nitrogens is 1. The number of ether oxygens (including phenoxy) is 1. The van der Waals surface area contributed by atoms with Crippen molar-refractivity contribution in [2.24, 2.45) is 0 Å². The molecule has 0 radical (unpaired) electrons. The Morgan fingerprint density at radius 2 is 2.33 bits per heavy atom. The van der Waals surface area contributed by atoms with Gasteiger partial charge in [-0.05, 0) is 38.4 Å². The van der Waals surface area contributed by atoms with Crippen LogP contribution in [-0.2, 0) is 4.79 Å². The second-order valence-electron chi connectivity index (χ2n) is 5.90. The number of hydrogen-bond acceptors (Lipinski definition) is 5. The van der Waals surface area contributed by atoms with Crippen LogP contribution in [0.25, 0.3) is 0 Å². The van der Waals surface area contributed by atoms with E-state index in [1.54, 1.807) is 25.3 Å². The molecular weight excluding hydrogens is 330 g/mol. The van der Waals surface area contributed by atoms with Gasteiger partial charge >= 0.3 is 0 Å². The van der Waals surface area contributed by atoms with Gasteiger partial charge in [0.25, 0.3) is 0 Å². The number of amides is 1. The topological polar surface area (TPSA) is 67.6 Å². The van der Waals surface area contributed by atoms with Gasteiger partial charge in [0.2, 0.25) is 5.91 Å². The second-order valence-corrected chi connectivity index (χ2v) is 6.30. The zero-order valence-corrected chi connectivity index (χ0v) is 14.5. The molecule has 2 aromatic rings. The van der Waals surface area contributed by atoms with Crippen LogP contribution in [0, 0.1) is 6.92 Å². The first kappa shape index (κ1) is 16.8. The molecule has 24 heavy (non-hydrogen) atoms. The second kappa shape index (κ2) is 7.23. The Balaban J connectivity index is 1.64. The van der Waals surface area contributed by atoms with Crippen LogP contribution in [0.1, 0.15) is 30.3 Å². The third kappa shape index (κ3) is 3.71. The highest BCUT2D eigenvalue weighted by Gasteiger charge is 2.30. The predicted octanol–water partition coefficient (Wildman–Crippen LogP) is 3.42. The third-order valence-electron chi connectivity index (χ3n) is 4.12. The Hall–Kier alpha value is -2.05. The van der Waals surface area contributed by atoms with Crippen molar-refractivity contribution >= 4 is 23.2 Å². The molecular formula is C17H20ClN3O3. The van der Waals surface area contributed by atoms with E-state index >= 15 is 0 Å². The van der Waals surface area contributed by atoms with Gasteiger partial charge in [0, 0.05) is 17.8 Å². The Morgan fingerprint density at radius 3 is 3.04 bits per heavy atom. The zero-order chi connectivity index (χ0) is 17.1. The van der Waals surface area contributed by atoms with Gasteiger partial charge in [-0.2, -0.15) is 0 Å². The SMILES string of the molecule is COc1cc(NC(=O)CN2CCC[C@@H]2c2cc(C)no2)ccc1Cl. The summed E-state index contributed by atoms with van der Waals surface area (Å²) in [7, 11) is 1.54. The lowest BCUT2D eigenvalue weighted by atomic mass is 10.1. The molecule has 1 fully saturated rings. The highest BCUT2D eigenvalue weighted by Crippen LogP contribution is 2.32. The average molecular weight is 350 g/mol. The molecule has 3 rings (SSSR count). The number of likely N-dealkylation sites (tertiary alicyclic amines) is 1. The summed E-state index contributed by atoms with van der Waals surface area (Å²) in [4.78, 5) is 14.5. The van der Waals surface area contributed by atoms with Gasteiger partial charge in [0.05, 0.1) is 30.4 Å². The maximum atomic E-state index is 12.4. The minimum absolute atomic E-state index is 0.0810. The van der Waals surface area contributed by atoms with Crippen molar-refractivity contribution in [2.45, 2.75) is 25.8 Å². The van der Waals surface area contributed by atoms with Crippen LogP contribution in [0.4, 0.5) is 5.69 Å². The lowest BCUT2D eigenvalue weighted by Gasteiger charge is -2.21. The summed E-state index contributed by atoms with van der Waals surface area (Å²) >= 11 is 6.00. The zero-order valence-electron chi connectivity index (χ0n) is 13.7. The number of rotatable bonds is 5. The predicted molar refractivity (Wildman–Crippen MR) is 91.4 cm³/mol. The number of nitrogens with zero attached hydrogens (tertiary/aromatic N) is 2.